The SMILES string of the molecule is C=C(COC)N(Cc1cccc(Cl)c1C)c1nc(N2CCOCC2)sc1C(N)=O. The molecule has 1 amide bonds. The molecule has 1 aromatic heterocycles. The fourth-order valence-corrected chi connectivity index (χ4v) is 4.28. The number of halogens is 1. The zero-order chi connectivity index (χ0) is 21.0. The van der Waals surface area contributed by atoms with Crippen molar-refractivity contribution in [2.45, 2.75) is 13.5 Å². The Morgan fingerprint density at radius 2 is 2.17 bits per heavy atom. The van der Waals surface area contributed by atoms with Gasteiger partial charge < -0.3 is 25.0 Å². The second-order valence-electron chi connectivity index (χ2n) is 6.72. The van der Waals surface area contributed by atoms with Crippen LogP contribution >= 0.6 is 22.9 Å². The number of anilines is 2. The molecular weight excluding hydrogens is 412 g/mol. The van der Waals surface area contributed by atoms with Crippen LogP contribution in [0.2, 0.25) is 5.02 Å². The van der Waals surface area contributed by atoms with Crippen molar-refractivity contribution in [1.29, 1.82) is 0 Å². The second-order valence-corrected chi connectivity index (χ2v) is 8.11. The maximum Gasteiger partial charge on any atom is 0.262 e. The number of carbonyl (C=O) groups excluding carboxylic acids is 1. The van der Waals surface area contributed by atoms with Crippen LogP contribution in [0.1, 0.15) is 20.8 Å². The molecule has 1 fully saturated rings. The van der Waals surface area contributed by atoms with E-state index in [4.69, 9.17) is 31.8 Å². The Hall–Kier alpha value is -2.13. The Kier molecular flexibility index (Phi) is 7.13. The van der Waals surface area contributed by atoms with E-state index in [1.54, 1.807) is 7.11 Å². The van der Waals surface area contributed by atoms with Crippen LogP contribution in [-0.4, -0.2) is 50.9 Å². The quantitative estimate of drug-likeness (QED) is 0.684. The van der Waals surface area contributed by atoms with Crippen LogP contribution in [0.5, 0.6) is 0 Å². The van der Waals surface area contributed by atoms with Gasteiger partial charge in [0.05, 0.1) is 19.8 Å². The molecule has 0 saturated carbocycles. The molecule has 2 aromatic rings. The summed E-state index contributed by atoms with van der Waals surface area (Å²) in [4.78, 5) is 21.4. The highest BCUT2D eigenvalue weighted by molar-refractivity contribution is 7.18. The maximum atomic E-state index is 12.2. The smallest absolute Gasteiger partial charge is 0.262 e. The van der Waals surface area contributed by atoms with Gasteiger partial charge in [0.2, 0.25) is 0 Å². The van der Waals surface area contributed by atoms with E-state index in [2.05, 4.69) is 11.5 Å². The van der Waals surface area contributed by atoms with E-state index in [9.17, 15) is 4.79 Å². The van der Waals surface area contributed by atoms with E-state index in [0.717, 1.165) is 29.3 Å². The van der Waals surface area contributed by atoms with E-state index >= 15 is 0 Å². The van der Waals surface area contributed by atoms with Gasteiger partial charge in [-0.05, 0) is 24.1 Å². The minimum Gasteiger partial charge on any atom is -0.379 e. The number of nitrogens with zero attached hydrogens (tertiary/aromatic N) is 3. The molecule has 7 nitrogen and oxygen atoms in total. The maximum absolute atomic E-state index is 12.2. The van der Waals surface area contributed by atoms with Gasteiger partial charge in [-0.15, -0.1) is 0 Å². The molecule has 29 heavy (non-hydrogen) atoms. The van der Waals surface area contributed by atoms with Crippen molar-refractivity contribution in [3.05, 3.63) is 51.5 Å². The standard InChI is InChI=1S/C20H25ClN4O3S/c1-13(12-27-3)25(11-15-5-4-6-16(21)14(15)2)19-17(18(22)26)29-20(23-19)24-7-9-28-10-8-24/h4-6H,1,7-12H2,2-3H3,(H2,22,26). The number of carbonyl (C=O) groups is 1. The molecule has 156 valence electrons. The largest absolute Gasteiger partial charge is 0.379 e. The van der Waals surface area contributed by atoms with Crippen LogP contribution in [0, 0.1) is 6.92 Å². The highest BCUT2D eigenvalue weighted by atomic mass is 35.5. The zero-order valence-electron chi connectivity index (χ0n) is 16.6. The summed E-state index contributed by atoms with van der Waals surface area (Å²) in [6.07, 6.45) is 0. The van der Waals surface area contributed by atoms with Gasteiger partial charge in [-0.2, -0.15) is 0 Å². The summed E-state index contributed by atoms with van der Waals surface area (Å²) in [5.41, 5.74) is 8.34. The molecule has 0 bridgehead atoms. The highest BCUT2D eigenvalue weighted by Crippen LogP contribution is 2.35. The molecule has 9 heteroatoms. The van der Waals surface area contributed by atoms with Crippen LogP contribution in [0.4, 0.5) is 10.9 Å². The molecule has 3 rings (SSSR count). The molecule has 2 N–H and O–H groups in total. The number of primary amides is 1. The highest BCUT2D eigenvalue weighted by Gasteiger charge is 2.26. The molecule has 0 spiro atoms. The molecule has 0 unspecified atom stereocenters. The molecule has 0 atom stereocenters. The summed E-state index contributed by atoms with van der Waals surface area (Å²) >= 11 is 7.59. The van der Waals surface area contributed by atoms with Gasteiger partial charge in [-0.25, -0.2) is 4.98 Å². The molecule has 0 aliphatic carbocycles. The normalized spacial score (nSPS) is 14.1. The summed E-state index contributed by atoms with van der Waals surface area (Å²) in [5.74, 6) is -0.0274. The fraction of sp³-hybridized carbons (Fsp3) is 0.400. The predicted molar refractivity (Wildman–Crippen MR) is 117 cm³/mol. The summed E-state index contributed by atoms with van der Waals surface area (Å²) in [6.45, 7) is 9.54. The topological polar surface area (TPSA) is 80.9 Å². The minimum absolute atomic E-state index is 0.294. The van der Waals surface area contributed by atoms with E-state index < -0.39 is 5.91 Å². The average molecular weight is 437 g/mol. The fourth-order valence-electron chi connectivity index (χ4n) is 3.11. The van der Waals surface area contributed by atoms with E-state index in [0.29, 0.717) is 47.8 Å². The van der Waals surface area contributed by atoms with Crippen LogP contribution in [-0.2, 0) is 16.0 Å². The van der Waals surface area contributed by atoms with Crippen molar-refractivity contribution >= 4 is 39.8 Å². The molecule has 1 saturated heterocycles. The van der Waals surface area contributed by atoms with Gasteiger partial charge in [0.1, 0.15) is 4.88 Å². The van der Waals surface area contributed by atoms with Gasteiger partial charge in [-0.1, -0.05) is 41.6 Å². The van der Waals surface area contributed by atoms with E-state index in [1.165, 1.54) is 11.3 Å². The van der Waals surface area contributed by atoms with Crippen molar-refractivity contribution in [1.82, 2.24) is 4.98 Å². The van der Waals surface area contributed by atoms with Crippen molar-refractivity contribution in [2.24, 2.45) is 5.73 Å². The van der Waals surface area contributed by atoms with Gasteiger partial charge >= 0.3 is 0 Å². The zero-order valence-corrected chi connectivity index (χ0v) is 18.2. The number of amides is 1. The molecule has 1 aliphatic rings. The summed E-state index contributed by atoms with van der Waals surface area (Å²) in [5, 5.41) is 1.43. The average Bonchev–Trinajstić information content (AvgIpc) is 3.15. The van der Waals surface area contributed by atoms with E-state index in [-0.39, 0.29) is 0 Å². The monoisotopic (exact) mass is 436 g/mol. The number of rotatable bonds is 8. The lowest BCUT2D eigenvalue weighted by Crippen LogP contribution is -2.36. The summed E-state index contributed by atoms with van der Waals surface area (Å²) < 4.78 is 10.7. The first-order chi connectivity index (χ1) is 13.9. The number of thiazole rings is 1. The van der Waals surface area contributed by atoms with E-state index in [1.807, 2.05) is 30.0 Å². The lowest BCUT2D eigenvalue weighted by atomic mass is 10.1. The molecule has 0 radical (unpaired) electrons. The minimum atomic E-state index is -0.518. The van der Waals surface area contributed by atoms with Crippen molar-refractivity contribution in [3.8, 4) is 0 Å². The first kappa shape index (κ1) is 21.6. The molecule has 2 heterocycles. The number of aromatic nitrogens is 1. The number of nitrogens with two attached hydrogens (primary N) is 1. The Balaban J connectivity index is 2.02. The lowest BCUT2D eigenvalue weighted by molar-refractivity contribution is 0.100. The number of hydrogen-bond donors (Lipinski definition) is 1. The summed E-state index contributed by atoms with van der Waals surface area (Å²) in [6, 6.07) is 5.74. The van der Waals surface area contributed by atoms with Crippen molar-refractivity contribution in [2.75, 3.05) is 49.8 Å². The number of morpholine rings is 1. The van der Waals surface area contributed by atoms with Gasteiger partial charge in [0.25, 0.3) is 5.91 Å². The number of methoxy groups -OCH3 is 1. The summed E-state index contributed by atoms with van der Waals surface area (Å²) in [7, 11) is 1.60. The molecule has 1 aromatic carbocycles. The third-order valence-electron chi connectivity index (χ3n) is 4.76. The predicted octanol–water partition coefficient (Wildman–Crippen LogP) is 3.21. The van der Waals surface area contributed by atoms with Crippen molar-refractivity contribution < 1.29 is 14.3 Å². The molecule has 1 aliphatic heterocycles. The van der Waals surface area contributed by atoms with Crippen LogP contribution in [0.3, 0.4) is 0 Å². The van der Waals surface area contributed by atoms with Gasteiger partial charge in [0, 0.05) is 37.5 Å². The van der Waals surface area contributed by atoms with Crippen LogP contribution in [0.25, 0.3) is 0 Å². The van der Waals surface area contributed by atoms with Gasteiger partial charge in [-0.3, -0.25) is 4.79 Å². The number of ether oxygens (including phenoxy) is 2. The Morgan fingerprint density at radius 3 is 2.83 bits per heavy atom. The number of hydrogen-bond acceptors (Lipinski definition) is 7. The van der Waals surface area contributed by atoms with Crippen LogP contribution in [0.15, 0.2) is 30.5 Å². The Bertz CT molecular complexity index is 896. The van der Waals surface area contributed by atoms with Crippen molar-refractivity contribution in [3.63, 3.8) is 0 Å². The lowest BCUT2D eigenvalue weighted by Gasteiger charge is -2.27. The Labute approximate surface area is 179 Å². The first-order valence-corrected chi connectivity index (χ1v) is 10.4. The molecular formula is C20H25ClN4O3S. The van der Waals surface area contributed by atoms with Crippen LogP contribution < -0.4 is 15.5 Å². The third kappa shape index (κ3) is 4.90. The third-order valence-corrected chi connectivity index (χ3v) is 6.29. The first-order valence-electron chi connectivity index (χ1n) is 9.24. The van der Waals surface area contributed by atoms with Gasteiger partial charge in [0.15, 0.2) is 10.9 Å². The number of benzene rings is 1. The Morgan fingerprint density at radius 1 is 1.45 bits per heavy atom. The second kappa shape index (κ2) is 9.58.